The van der Waals surface area contributed by atoms with Gasteiger partial charge in [-0.3, -0.25) is 4.79 Å². The summed E-state index contributed by atoms with van der Waals surface area (Å²) >= 11 is 0. The van der Waals surface area contributed by atoms with Gasteiger partial charge in [0.15, 0.2) is 0 Å². The summed E-state index contributed by atoms with van der Waals surface area (Å²) in [4.78, 5) is 27.8. The zero-order chi connectivity index (χ0) is 20.1. The Kier molecular flexibility index (Phi) is 4.91. The normalized spacial score (nSPS) is 43.5. The van der Waals surface area contributed by atoms with Crippen molar-refractivity contribution in [3.63, 3.8) is 0 Å². The molecule has 0 saturated heterocycles. The van der Waals surface area contributed by atoms with Gasteiger partial charge in [-0.15, -0.1) is 0 Å². The van der Waals surface area contributed by atoms with Crippen molar-refractivity contribution >= 4 is 17.5 Å². The van der Waals surface area contributed by atoms with Crippen LogP contribution in [-0.4, -0.2) is 29.2 Å². The molecule has 0 spiro atoms. The van der Waals surface area contributed by atoms with Gasteiger partial charge < -0.3 is 9.94 Å². The summed E-state index contributed by atoms with van der Waals surface area (Å²) in [5.41, 5.74) is 2.77. The monoisotopic (exact) mass is 387 g/mol. The van der Waals surface area contributed by atoms with E-state index >= 15 is 0 Å². The quantitative estimate of drug-likeness (QED) is 0.715. The van der Waals surface area contributed by atoms with Gasteiger partial charge in [-0.05, 0) is 93.0 Å². The minimum Gasteiger partial charge on any atom is -0.479 e. The molecule has 28 heavy (non-hydrogen) atoms. The number of carbonyl (C=O) groups is 2. The third-order valence-electron chi connectivity index (χ3n) is 8.84. The Morgan fingerprint density at radius 2 is 1.93 bits per heavy atom. The number of carbonyl (C=O) groups excluding carboxylic acids is 1. The molecule has 0 heterocycles. The molecule has 0 unspecified atom stereocenters. The van der Waals surface area contributed by atoms with Gasteiger partial charge in [-0.25, -0.2) is 4.79 Å². The Hall–Kier alpha value is -1.65. The maximum atomic E-state index is 12.3. The third kappa shape index (κ3) is 3.02. The van der Waals surface area contributed by atoms with Crippen molar-refractivity contribution in [3.8, 4) is 0 Å². The molecular weight excluding hydrogens is 354 g/mol. The SMILES string of the molecule is CC(=O)[C@H]1CC[C@H]2[C@@H]3CCC4=C/C(=N/OCC(=O)O)CC[C@]4(C)[C@H]3CC[C@]12C. The number of ketones is 1. The predicted octanol–water partition coefficient (Wildman–Crippen LogP) is 4.61. The lowest BCUT2D eigenvalue weighted by Crippen LogP contribution is -2.51. The van der Waals surface area contributed by atoms with Crippen LogP contribution in [0, 0.1) is 34.5 Å². The highest BCUT2D eigenvalue weighted by Crippen LogP contribution is 2.66. The molecule has 3 saturated carbocycles. The average molecular weight is 388 g/mol. The first kappa shape index (κ1) is 19.7. The Balaban J connectivity index is 1.55. The highest BCUT2D eigenvalue weighted by Gasteiger charge is 2.59. The van der Waals surface area contributed by atoms with E-state index in [0.29, 0.717) is 17.6 Å². The topological polar surface area (TPSA) is 76.0 Å². The fraction of sp³-hybridized carbons (Fsp3) is 0.783. The van der Waals surface area contributed by atoms with E-state index in [1.807, 2.05) is 0 Å². The fourth-order valence-corrected chi connectivity index (χ4v) is 7.48. The zero-order valence-electron chi connectivity index (χ0n) is 17.4. The van der Waals surface area contributed by atoms with Crippen LogP contribution < -0.4 is 0 Å². The molecule has 4 aliphatic rings. The zero-order valence-corrected chi connectivity index (χ0v) is 17.4. The average Bonchev–Trinajstić information content (AvgIpc) is 2.99. The minimum atomic E-state index is -0.996. The van der Waals surface area contributed by atoms with Gasteiger partial charge in [0.05, 0.1) is 5.71 Å². The number of carboxylic acids is 1. The number of rotatable bonds is 4. The Labute approximate surface area is 167 Å². The molecular formula is C23H33NO4. The molecule has 154 valence electrons. The summed E-state index contributed by atoms with van der Waals surface area (Å²) in [5, 5.41) is 12.8. The lowest BCUT2D eigenvalue weighted by Gasteiger charge is -2.58. The van der Waals surface area contributed by atoms with Crippen molar-refractivity contribution in [3.05, 3.63) is 11.6 Å². The van der Waals surface area contributed by atoms with Gasteiger partial charge >= 0.3 is 5.97 Å². The van der Waals surface area contributed by atoms with Crippen LogP contribution in [-0.2, 0) is 14.4 Å². The molecule has 6 atom stereocenters. The standard InChI is InChI=1S/C23H33NO4/c1-14(25)18-6-7-19-17-5-4-15-12-16(24-28-13-21(26)27)8-10-22(15,2)20(17)9-11-23(18,19)3/h12,17-20H,4-11,13H2,1-3H3,(H,26,27)/b24-16+/t17-,18+,19-,20-,22-,23+/m0/s1. The van der Waals surface area contributed by atoms with Gasteiger partial charge in [0.25, 0.3) is 0 Å². The molecule has 0 aromatic heterocycles. The first-order valence-electron chi connectivity index (χ1n) is 10.9. The van der Waals surface area contributed by atoms with E-state index in [9.17, 15) is 9.59 Å². The number of aliphatic carboxylic acids is 1. The molecule has 4 aliphatic carbocycles. The van der Waals surface area contributed by atoms with Crippen molar-refractivity contribution in [1.82, 2.24) is 0 Å². The van der Waals surface area contributed by atoms with E-state index in [4.69, 9.17) is 9.94 Å². The van der Waals surface area contributed by atoms with Gasteiger partial charge in [0, 0.05) is 5.92 Å². The molecule has 0 aromatic carbocycles. The maximum absolute atomic E-state index is 12.3. The highest BCUT2D eigenvalue weighted by atomic mass is 16.6. The Morgan fingerprint density at radius 1 is 1.14 bits per heavy atom. The molecule has 0 radical (unpaired) electrons. The predicted molar refractivity (Wildman–Crippen MR) is 107 cm³/mol. The van der Waals surface area contributed by atoms with Crippen molar-refractivity contribution in [2.45, 2.75) is 72.1 Å². The summed E-state index contributed by atoms with van der Waals surface area (Å²) in [7, 11) is 0. The molecule has 3 fully saturated rings. The maximum Gasteiger partial charge on any atom is 0.344 e. The first-order valence-corrected chi connectivity index (χ1v) is 10.9. The van der Waals surface area contributed by atoms with Crippen LogP contribution in [0.3, 0.4) is 0 Å². The third-order valence-corrected chi connectivity index (χ3v) is 8.84. The van der Waals surface area contributed by atoms with Crippen molar-refractivity contribution in [2.24, 2.45) is 39.7 Å². The van der Waals surface area contributed by atoms with E-state index in [1.165, 1.54) is 31.3 Å². The lowest BCUT2D eigenvalue weighted by molar-refractivity contribution is -0.142. The number of allylic oxidation sites excluding steroid dienone is 2. The largest absolute Gasteiger partial charge is 0.479 e. The van der Waals surface area contributed by atoms with Crippen LogP contribution in [0.4, 0.5) is 0 Å². The lowest BCUT2D eigenvalue weighted by atomic mass is 9.46. The number of hydrogen-bond acceptors (Lipinski definition) is 4. The van der Waals surface area contributed by atoms with Gasteiger partial charge in [-0.1, -0.05) is 24.6 Å². The first-order chi connectivity index (χ1) is 13.3. The van der Waals surface area contributed by atoms with Crippen LogP contribution in [0.2, 0.25) is 0 Å². The highest BCUT2D eigenvalue weighted by molar-refractivity contribution is 5.96. The van der Waals surface area contributed by atoms with Crippen molar-refractivity contribution in [2.75, 3.05) is 6.61 Å². The second-order valence-electron chi connectivity index (χ2n) is 10.0. The van der Waals surface area contributed by atoms with Crippen LogP contribution >= 0.6 is 0 Å². The second-order valence-corrected chi connectivity index (χ2v) is 10.0. The number of oxime groups is 1. The summed E-state index contributed by atoms with van der Waals surface area (Å²) < 4.78 is 0. The molecule has 5 nitrogen and oxygen atoms in total. The Morgan fingerprint density at radius 3 is 2.64 bits per heavy atom. The number of hydrogen-bond donors (Lipinski definition) is 1. The van der Waals surface area contributed by atoms with Crippen LogP contribution in [0.15, 0.2) is 16.8 Å². The molecule has 0 aromatic rings. The number of Topliss-reactive ketones (excluding diaryl/α,β-unsaturated/α-hetero) is 1. The van der Waals surface area contributed by atoms with Gasteiger partial charge in [-0.2, -0.15) is 0 Å². The summed E-state index contributed by atoms with van der Waals surface area (Å²) in [6.07, 6.45) is 11.1. The van der Waals surface area contributed by atoms with Crippen LogP contribution in [0.1, 0.15) is 72.1 Å². The van der Waals surface area contributed by atoms with Gasteiger partial charge in [0.2, 0.25) is 6.61 Å². The van der Waals surface area contributed by atoms with Crippen molar-refractivity contribution < 1.29 is 19.5 Å². The van der Waals surface area contributed by atoms with Crippen molar-refractivity contribution in [1.29, 1.82) is 0 Å². The Bertz CT molecular complexity index is 741. The van der Waals surface area contributed by atoms with Crippen LogP contribution in [0.5, 0.6) is 0 Å². The van der Waals surface area contributed by atoms with E-state index in [2.05, 4.69) is 25.1 Å². The summed E-state index contributed by atoms with van der Waals surface area (Å²) in [6, 6.07) is 0. The molecule has 0 amide bonds. The van der Waals surface area contributed by atoms with E-state index in [1.54, 1.807) is 6.92 Å². The molecule has 1 N–H and O–H groups in total. The van der Waals surface area contributed by atoms with E-state index in [-0.39, 0.29) is 23.4 Å². The van der Waals surface area contributed by atoms with Gasteiger partial charge in [0.1, 0.15) is 5.78 Å². The summed E-state index contributed by atoms with van der Waals surface area (Å²) in [5.74, 6) is 1.77. The van der Waals surface area contributed by atoms with Crippen LogP contribution in [0.25, 0.3) is 0 Å². The molecule has 4 rings (SSSR count). The van der Waals surface area contributed by atoms with E-state index in [0.717, 1.165) is 37.3 Å². The molecule has 0 aliphatic heterocycles. The molecule has 0 bridgehead atoms. The van der Waals surface area contributed by atoms with E-state index < -0.39 is 5.97 Å². The smallest absolute Gasteiger partial charge is 0.344 e. The number of nitrogens with zero attached hydrogens (tertiary/aromatic N) is 1. The second kappa shape index (κ2) is 7.00. The molecule has 5 heteroatoms. The number of carboxylic acid groups (broad SMARTS) is 1. The summed E-state index contributed by atoms with van der Waals surface area (Å²) in [6.45, 7) is 6.24. The minimum absolute atomic E-state index is 0.205. The number of fused-ring (bicyclic) bond motifs is 5. The fourth-order valence-electron chi connectivity index (χ4n) is 7.48.